The van der Waals surface area contributed by atoms with Crippen molar-refractivity contribution in [2.24, 2.45) is 5.73 Å². The van der Waals surface area contributed by atoms with Crippen LogP contribution in [0.15, 0.2) is 18.2 Å². The van der Waals surface area contributed by atoms with Gasteiger partial charge in [-0.2, -0.15) is 0 Å². The molecule has 0 aromatic heterocycles. The van der Waals surface area contributed by atoms with Gasteiger partial charge in [-0.3, -0.25) is 4.79 Å². The number of carboxylic acid groups (broad SMARTS) is 1. The van der Waals surface area contributed by atoms with E-state index < -0.39 is 17.4 Å². The zero-order valence-corrected chi connectivity index (χ0v) is 11.5. The summed E-state index contributed by atoms with van der Waals surface area (Å²) in [5, 5.41) is 12.3. The molecule has 0 radical (unpaired) electrons. The summed E-state index contributed by atoms with van der Waals surface area (Å²) in [6.07, 6.45) is 1.27. The van der Waals surface area contributed by atoms with Gasteiger partial charge in [0.25, 0.3) is 0 Å². The number of nitrogens with one attached hydrogen (secondary N) is 1. The van der Waals surface area contributed by atoms with Gasteiger partial charge in [-0.25, -0.2) is 4.79 Å². The standard InChI is InChI=1S/C14H20N2O3/c1-4-7-14(3,13(18)19)16-10-5-6-11(12(15)17)9(2)8-10/h5-6,8,16H,4,7H2,1-3H3,(H2,15,17)(H,18,19). The largest absolute Gasteiger partial charge is 0.480 e. The molecule has 19 heavy (non-hydrogen) atoms. The lowest BCUT2D eigenvalue weighted by Gasteiger charge is -2.27. The van der Waals surface area contributed by atoms with Gasteiger partial charge in [-0.05, 0) is 44.0 Å². The number of aryl methyl sites for hydroxylation is 1. The predicted molar refractivity (Wildman–Crippen MR) is 74.3 cm³/mol. The second-order valence-electron chi connectivity index (χ2n) is 4.91. The molecule has 0 saturated heterocycles. The van der Waals surface area contributed by atoms with Crippen LogP contribution in [0.2, 0.25) is 0 Å². The van der Waals surface area contributed by atoms with Crippen LogP contribution in [0.25, 0.3) is 0 Å². The van der Waals surface area contributed by atoms with Gasteiger partial charge in [0, 0.05) is 11.3 Å². The number of carbonyl (C=O) groups is 2. The van der Waals surface area contributed by atoms with E-state index in [1.165, 1.54) is 0 Å². The van der Waals surface area contributed by atoms with E-state index in [1.54, 1.807) is 32.0 Å². The minimum atomic E-state index is -1.02. The van der Waals surface area contributed by atoms with E-state index in [1.807, 2.05) is 6.92 Å². The van der Waals surface area contributed by atoms with E-state index in [4.69, 9.17) is 5.73 Å². The van der Waals surface area contributed by atoms with Crippen molar-refractivity contribution in [3.05, 3.63) is 29.3 Å². The van der Waals surface area contributed by atoms with Gasteiger partial charge in [0.05, 0.1) is 0 Å². The fourth-order valence-corrected chi connectivity index (χ4v) is 2.06. The predicted octanol–water partition coefficient (Wildman–Crippen LogP) is 2.15. The quantitative estimate of drug-likeness (QED) is 0.734. The lowest BCUT2D eigenvalue weighted by Crippen LogP contribution is -2.43. The van der Waals surface area contributed by atoms with Crippen LogP contribution >= 0.6 is 0 Å². The minimum absolute atomic E-state index is 0.443. The van der Waals surface area contributed by atoms with E-state index in [0.29, 0.717) is 17.7 Å². The second kappa shape index (κ2) is 5.73. The highest BCUT2D eigenvalue weighted by Crippen LogP contribution is 2.22. The van der Waals surface area contributed by atoms with Crippen LogP contribution in [0.1, 0.15) is 42.6 Å². The summed E-state index contributed by atoms with van der Waals surface area (Å²) < 4.78 is 0. The Labute approximate surface area is 112 Å². The highest BCUT2D eigenvalue weighted by molar-refractivity contribution is 5.94. The summed E-state index contributed by atoms with van der Waals surface area (Å²) in [5.74, 6) is -1.38. The van der Waals surface area contributed by atoms with E-state index in [0.717, 1.165) is 12.0 Å². The van der Waals surface area contributed by atoms with Crippen molar-refractivity contribution in [3.63, 3.8) is 0 Å². The molecule has 0 aliphatic rings. The summed E-state index contributed by atoms with van der Waals surface area (Å²) in [7, 11) is 0. The van der Waals surface area contributed by atoms with Crippen LogP contribution in [0.4, 0.5) is 5.69 Å². The molecule has 1 aromatic carbocycles. The second-order valence-corrected chi connectivity index (χ2v) is 4.91. The van der Waals surface area contributed by atoms with Gasteiger partial charge >= 0.3 is 5.97 Å². The molecule has 5 nitrogen and oxygen atoms in total. The first-order valence-corrected chi connectivity index (χ1v) is 6.22. The molecule has 0 saturated carbocycles. The summed E-state index contributed by atoms with van der Waals surface area (Å²) in [6, 6.07) is 5.01. The van der Waals surface area contributed by atoms with Crippen molar-refractivity contribution in [1.29, 1.82) is 0 Å². The number of nitrogens with two attached hydrogens (primary N) is 1. The van der Waals surface area contributed by atoms with Crippen LogP contribution in [0.5, 0.6) is 0 Å². The molecule has 1 aromatic rings. The Morgan fingerprint density at radius 1 is 1.42 bits per heavy atom. The molecule has 1 atom stereocenters. The van der Waals surface area contributed by atoms with Crippen molar-refractivity contribution in [2.75, 3.05) is 5.32 Å². The maximum Gasteiger partial charge on any atom is 0.329 e. The third-order valence-electron chi connectivity index (χ3n) is 3.13. The normalized spacial score (nSPS) is 13.6. The number of hydrogen-bond donors (Lipinski definition) is 3. The zero-order chi connectivity index (χ0) is 14.6. The lowest BCUT2D eigenvalue weighted by atomic mass is 9.95. The Morgan fingerprint density at radius 2 is 2.05 bits per heavy atom. The molecule has 104 valence electrons. The van der Waals surface area contributed by atoms with Gasteiger partial charge < -0.3 is 16.2 Å². The van der Waals surface area contributed by atoms with Gasteiger partial charge in [0.15, 0.2) is 0 Å². The van der Waals surface area contributed by atoms with Crippen LogP contribution in [0, 0.1) is 6.92 Å². The molecule has 0 aliphatic carbocycles. The first-order valence-electron chi connectivity index (χ1n) is 6.22. The van der Waals surface area contributed by atoms with E-state index >= 15 is 0 Å². The molecule has 0 fully saturated rings. The number of hydrogen-bond acceptors (Lipinski definition) is 3. The Balaban J connectivity index is 3.02. The van der Waals surface area contributed by atoms with Crippen LogP contribution in [0.3, 0.4) is 0 Å². The number of carboxylic acids is 1. The molecule has 0 bridgehead atoms. The topological polar surface area (TPSA) is 92.4 Å². The Bertz CT molecular complexity index is 499. The number of aliphatic carboxylic acids is 1. The molecular weight excluding hydrogens is 244 g/mol. The van der Waals surface area contributed by atoms with Crippen molar-refractivity contribution >= 4 is 17.6 Å². The van der Waals surface area contributed by atoms with E-state index in [2.05, 4.69) is 5.32 Å². The number of benzene rings is 1. The highest BCUT2D eigenvalue weighted by atomic mass is 16.4. The van der Waals surface area contributed by atoms with E-state index in [9.17, 15) is 14.7 Å². The SMILES string of the molecule is CCCC(C)(Nc1ccc(C(N)=O)c(C)c1)C(=O)O. The maximum absolute atomic E-state index is 11.3. The Kier molecular flexibility index (Phi) is 4.53. The number of primary amides is 1. The molecule has 5 heteroatoms. The number of carbonyl (C=O) groups excluding carboxylic acids is 1. The maximum atomic E-state index is 11.3. The Hall–Kier alpha value is -2.04. The van der Waals surface area contributed by atoms with Crippen LogP contribution in [-0.2, 0) is 4.79 Å². The molecule has 4 N–H and O–H groups in total. The third-order valence-corrected chi connectivity index (χ3v) is 3.13. The molecule has 1 unspecified atom stereocenters. The molecule has 1 rings (SSSR count). The lowest BCUT2D eigenvalue weighted by molar-refractivity contribution is -0.141. The highest BCUT2D eigenvalue weighted by Gasteiger charge is 2.31. The first-order chi connectivity index (χ1) is 8.80. The van der Waals surface area contributed by atoms with Crippen molar-refractivity contribution in [2.45, 2.75) is 39.2 Å². The molecular formula is C14H20N2O3. The summed E-state index contributed by atoms with van der Waals surface area (Å²) in [4.78, 5) is 22.5. The fourth-order valence-electron chi connectivity index (χ4n) is 2.06. The third kappa shape index (κ3) is 3.47. The average molecular weight is 264 g/mol. The van der Waals surface area contributed by atoms with Gasteiger partial charge in [0.1, 0.15) is 5.54 Å². The van der Waals surface area contributed by atoms with Crippen molar-refractivity contribution in [1.82, 2.24) is 0 Å². The summed E-state index contributed by atoms with van der Waals surface area (Å²) in [6.45, 7) is 5.35. The molecule has 1 amide bonds. The summed E-state index contributed by atoms with van der Waals surface area (Å²) in [5.41, 5.74) is 6.05. The monoisotopic (exact) mass is 264 g/mol. The molecule has 0 heterocycles. The van der Waals surface area contributed by atoms with Crippen molar-refractivity contribution < 1.29 is 14.7 Å². The Morgan fingerprint density at radius 3 is 2.47 bits per heavy atom. The first kappa shape index (κ1) is 15.0. The minimum Gasteiger partial charge on any atom is -0.480 e. The van der Waals surface area contributed by atoms with Crippen LogP contribution in [-0.4, -0.2) is 22.5 Å². The van der Waals surface area contributed by atoms with Crippen LogP contribution < -0.4 is 11.1 Å². The molecule has 0 aliphatic heterocycles. The fraction of sp³-hybridized carbons (Fsp3) is 0.429. The zero-order valence-electron chi connectivity index (χ0n) is 11.5. The van der Waals surface area contributed by atoms with Gasteiger partial charge in [-0.15, -0.1) is 0 Å². The molecule has 0 spiro atoms. The van der Waals surface area contributed by atoms with Gasteiger partial charge in [0.2, 0.25) is 5.91 Å². The number of rotatable bonds is 6. The number of amides is 1. The van der Waals surface area contributed by atoms with E-state index in [-0.39, 0.29) is 0 Å². The smallest absolute Gasteiger partial charge is 0.329 e. The number of anilines is 1. The average Bonchev–Trinajstić information content (AvgIpc) is 2.28. The summed E-state index contributed by atoms with van der Waals surface area (Å²) >= 11 is 0. The van der Waals surface area contributed by atoms with Crippen molar-refractivity contribution in [3.8, 4) is 0 Å². The van der Waals surface area contributed by atoms with Gasteiger partial charge in [-0.1, -0.05) is 13.3 Å².